The van der Waals surface area contributed by atoms with Crippen LogP contribution in [0.15, 0.2) is 0 Å². The van der Waals surface area contributed by atoms with E-state index < -0.39 is 23.8 Å². The molecule has 0 spiro atoms. The van der Waals surface area contributed by atoms with E-state index in [0.717, 1.165) is 0 Å². The fraction of sp³-hybridized carbons (Fsp3) is 0.667. The molecule has 1 aliphatic heterocycles. The summed E-state index contributed by atoms with van der Waals surface area (Å²) in [4.78, 5) is 21.0. The predicted molar refractivity (Wildman–Crippen MR) is 33.7 cm³/mol. The lowest BCUT2D eigenvalue weighted by Gasteiger charge is -2.22. The molecule has 1 aliphatic rings. The second-order valence-electron chi connectivity index (χ2n) is 2.63. The Morgan fingerprint density at radius 3 is 2.42 bits per heavy atom. The number of amides is 1. The standard InChI is InChI=1S/C6H7F2NO3/c7-4(8)6(5(11)12)2-1-3(10)9-6/h4H,1-2H2,(H,9,10)(H,11,12). The maximum atomic E-state index is 12.2. The second-order valence-corrected chi connectivity index (χ2v) is 2.63. The number of hydrogen-bond donors (Lipinski definition) is 2. The largest absolute Gasteiger partial charge is 0.479 e. The first kappa shape index (κ1) is 8.89. The number of carbonyl (C=O) groups excluding carboxylic acids is 1. The van der Waals surface area contributed by atoms with E-state index in [1.54, 1.807) is 5.32 Å². The first-order valence-electron chi connectivity index (χ1n) is 3.31. The number of nitrogens with one attached hydrogen (secondary N) is 1. The third kappa shape index (κ3) is 1.13. The molecule has 0 radical (unpaired) electrons. The summed E-state index contributed by atoms with van der Waals surface area (Å²) >= 11 is 0. The molecule has 0 saturated carbocycles. The first-order chi connectivity index (χ1) is 5.49. The lowest BCUT2D eigenvalue weighted by atomic mass is 9.99. The topological polar surface area (TPSA) is 66.4 Å². The van der Waals surface area contributed by atoms with Crippen LogP contribution in [0.25, 0.3) is 0 Å². The van der Waals surface area contributed by atoms with Gasteiger partial charge in [0.1, 0.15) is 0 Å². The molecule has 1 heterocycles. The normalized spacial score (nSPS) is 29.1. The van der Waals surface area contributed by atoms with Crippen LogP contribution in [-0.4, -0.2) is 28.9 Å². The van der Waals surface area contributed by atoms with Gasteiger partial charge >= 0.3 is 5.97 Å². The zero-order chi connectivity index (χ0) is 9.35. The van der Waals surface area contributed by atoms with Crippen LogP contribution in [0.2, 0.25) is 0 Å². The highest BCUT2D eigenvalue weighted by Crippen LogP contribution is 2.27. The molecule has 0 aromatic carbocycles. The van der Waals surface area contributed by atoms with Gasteiger partial charge in [-0.1, -0.05) is 0 Å². The highest BCUT2D eigenvalue weighted by atomic mass is 19.3. The SMILES string of the molecule is O=C1CCC(C(=O)O)(C(F)F)N1. The molecule has 0 aromatic rings. The van der Waals surface area contributed by atoms with Crippen molar-refractivity contribution < 1.29 is 23.5 Å². The molecule has 1 unspecified atom stereocenters. The number of carboxylic acid groups (broad SMARTS) is 1. The Balaban J connectivity index is 2.89. The molecule has 1 atom stereocenters. The fourth-order valence-corrected chi connectivity index (χ4v) is 1.10. The minimum atomic E-state index is -3.07. The van der Waals surface area contributed by atoms with E-state index in [2.05, 4.69) is 0 Å². The number of alkyl halides is 2. The number of carbonyl (C=O) groups is 2. The van der Waals surface area contributed by atoms with Gasteiger partial charge in [-0.3, -0.25) is 4.79 Å². The van der Waals surface area contributed by atoms with Gasteiger partial charge in [0.15, 0.2) is 5.54 Å². The van der Waals surface area contributed by atoms with Gasteiger partial charge in [0.05, 0.1) is 0 Å². The molecular formula is C6H7F2NO3. The molecular weight excluding hydrogens is 172 g/mol. The molecule has 4 nitrogen and oxygen atoms in total. The highest BCUT2D eigenvalue weighted by molar-refractivity contribution is 5.91. The Bertz CT molecular complexity index is 231. The van der Waals surface area contributed by atoms with Crippen molar-refractivity contribution in [2.45, 2.75) is 24.8 Å². The Labute approximate surface area is 66.6 Å². The maximum absolute atomic E-state index is 12.2. The van der Waals surface area contributed by atoms with Crippen LogP contribution in [0.5, 0.6) is 0 Å². The van der Waals surface area contributed by atoms with E-state index in [4.69, 9.17) is 5.11 Å². The maximum Gasteiger partial charge on any atom is 0.335 e. The van der Waals surface area contributed by atoms with Crippen molar-refractivity contribution in [2.24, 2.45) is 0 Å². The van der Waals surface area contributed by atoms with Crippen molar-refractivity contribution >= 4 is 11.9 Å². The van der Waals surface area contributed by atoms with Crippen LogP contribution in [0.1, 0.15) is 12.8 Å². The van der Waals surface area contributed by atoms with Gasteiger partial charge in [0, 0.05) is 6.42 Å². The van der Waals surface area contributed by atoms with Gasteiger partial charge in [-0.25, -0.2) is 13.6 Å². The summed E-state index contributed by atoms with van der Waals surface area (Å²) in [6.07, 6.45) is -3.57. The summed E-state index contributed by atoms with van der Waals surface area (Å²) in [5.74, 6) is -2.32. The van der Waals surface area contributed by atoms with Crippen molar-refractivity contribution in [1.29, 1.82) is 0 Å². The van der Waals surface area contributed by atoms with Crippen molar-refractivity contribution in [3.05, 3.63) is 0 Å². The second kappa shape index (κ2) is 2.69. The molecule has 6 heteroatoms. The number of halogens is 2. The fourth-order valence-electron chi connectivity index (χ4n) is 1.10. The van der Waals surface area contributed by atoms with Crippen LogP contribution in [0.3, 0.4) is 0 Å². The summed E-state index contributed by atoms with van der Waals surface area (Å²) in [7, 11) is 0. The average molecular weight is 179 g/mol. The summed E-state index contributed by atoms with van der Waals surface area (Å²) in [5.41, 5.74) is -2.35. The monoisotopic (exact) mass is 179 g/mol. The van der Waals surface area contributed by atoms with Crippen LogP contribution in [0, 0.1) is 0 Å². The van der Waals surface area contributed by atoms with Crippen molar-refractivity contribution in [2.75, 3.05) is 0 Å². The zero-order valence-electron chi connectivity index (χ0n) is 6.01. The van der Waals surface area contributed by atoms with Gasteiger partial charge in [0.25, 0.3) is 6.43 Å². The molecule has 2 N–H and O–H groups in total. The van der Waals surface area contributed by atoms with Gasteiger partial charge in [0.2, 0.25) is 5.91 Å². The first-order valence-corrected chi connectivity index (χ1v) is 3.31. The van der Waals surface area contributed by atoms with E-state index in [9.17, 15) is 18.4 Å². The Kier molecular flexibility index (Phi) is 1.99. The summed E-state index contributed by atoms with van der Waals surface area (Å²) in [6, 6.07) is 0. The zero-order valence-corrected chi connectivity index (χ0v) is 6.01. The third-order valence-corrected chi connectivity index (χ3v) is 1.86. The number of aliphatic carboxylic acids is 1. The van der Waals surface area contributed by atoms with Crippen LogP contribution < -0.4 is 5.32 Å². The lowest BCUT2D eigenvalue weighted by molar-refractivity contribution is -0.152. The highest BCUT2D eigenvalue weighted by Gasteiger charge is 2.52. The molecule has 0 aromatic heterocycles. The van der Waals surface area contributed by atoms with Gasteiger partial charge in [-0.15, -0.1) is 0 Å². The Morgan fingerprint density at radius 1 is 1.67 bits per heavy atom. The van der Waals surface area contributed by atoms with Crippen molar-refractivity contribution in [3.63, 3.8) is 0 Å². The van der Waals surface area contributed by atoms with E-state index >= 15 is 0 Å². The molecule has 0 aliphatic carbocycles. The minimum absolute atomic E-state index is 0.156. The molecule has 1 fully saturated rings. The summed E-state index contributed by atoms with van der Waals surface area (Å²) in [6.45, 7) is 0. The smallest absolute Gasteiger partial charge is 0.335 e. The number of carboxylic acids is 1. The minimum Gasteiger partial charge on any atom is -0.479 e. The van der Waals surface area contributed by atoms with E-state index in [1.165, 1.54) is 0 Å². The van der Waals surface area contributed by atoms with Gasteiger partial charge < -0.3 is 10.4 Å². The molecule has 0 bridgehead atoms. The van der Waals surface area contributed by atoms with E-state index in [-0.39, 0.29) is 12.8 Å². The predicted octanol–water partition coefficient (Wildman–Crippen LogP) is -0.0151. The quantitative estimate of drug-likeness (QED) is 0.626. The molecule has 1 amide bonds. The Morgan fingerprint density at radius 2 is 2.25 bits per heavy atom. The van der Waals surface area contributed by atoms with Crippen LogP contribution >= 0.6 is 0 Å². The number of hydrogen-bond acceptors (Lipinski definition) is 2. The molecule has 1 rings (SSSR count). The molecule has 12 heavy (non-hydrogen) atoms. The lowest BCUT2D eigenvalue weighted by Crippen LogP contribution is -2.54. The summed E-state index contributed by atoms with van der Waals surface area (Å²) in [5, 5.41) is 10.2. The molecule has 1 saturated heterocycles. The number of rotatable bonds is 2. The van der Waals surface area contributed by atoms with Crippen LogP contribution in [-0.2, 0) is 9.59 Å². The van der Waals surface area contributed by atoms with Crippen molar-refractivity contribution in [3.8, 4) is 0 Å². The van der Waals surface area contributed by atoms with Gasteiger partial charge in [-0.05, 0) is 6.42 Å². The van der Waals surface area contributed by atoms with Crippen molar-refractivity contribution in [1.82, 2.24) is 5.32 Å². The van der Waals surface area contributed by atoms with E-state index in [1.807, 2.05) is 0 Å². The summed E-state index contributed by atoms with van der Waals surface area (Å²) < 4.78 is 24.4. The Hall–Kier alpha value is -1.20. The van der Waals surface area contributed by atoms with E-state index in [0.29, 0.717) is 0 Å². The molecule has 68 valence electrons. The third-order valence-electron chi connectivity index (χ3n) is 1.86. The average Bonchev–Trinajstić information content (AvgIpc) is 2.32. The van der Waals surface area contributed by atoms with Crippen LogP contribution in [0.4, 0.5) is 8.78 Å². The van der Waals surface area contributed by atoms with Gasteiger partial charge in [-0.2, -0.15) is 0 Å².